The van der Waals surface area contributed by atoms with Gasteiger partial charge in [0.2, 0.25) is 0 Å². The van der Waals surface area contributed by atoms with Crippen LogP contribution in [0.5, 0.6) is 0 Å². The molecule has 2 aromatic rings. The van der Waals surface area contributed by atoms with Gasteiger partial charge in [0.15, 0.2) is 5.65 Å². The standard InChI is InChI=1S/C12H13Cl2N3S/c13-8-6-9-12(17-11(8)14)16-10(15-9)5-7-1-3-18-4-2-7/h6-7H,1-5H2,(H,15,16,17). The van der Waals surface area contributed by atoms with E-state index in [0.29, 0.717) is 15.8 Å². The van der Waals surface area contributed by atoms with Gasteiger partial charge in [-0.25, -0.2) is 9.97 Å². The molecule has 18 heavy (non-hydrogen) atoms. The van der Waals surface area contributed by atoms with Crippen LogP contribution in [-0.2, 0) is 6.42 Å². The number of nitrogens with one attached hydrogen (secondary N) is 1. The number of thioether (sulfide) groups is 1. The normalized spacial score (nSPS) is 17.4. The fourth-order valence-corrected chi connectivity index (χ4v) is 3.76. The summed E-state index contributed by atoms with van der Waals surface area (Å²) < 4.78 is 0. The van der Waals surface area contributed by atoms with Crippen LogP contribution >= 0.6 is 35.0 Å². The third-order valence-electron chi connectivity index (χ3n) is 3.26. The molecule has 0 spiro atoms. The van der Waals surface area contributed by atoms with Crippen molar-refractivity contribution in [3.8, 4) is 0 Å². The molecule has 1 N–H and O–H groups in total. The van der Waals surface area contributed by atoms with Gasteiger partial charge in [-0.3, -0.25) is 0 Å². The number of nitrogens with zero attached hydrogens (tertiary/aromatic N) is 2. The van der Waals surface area contributed by atoms with Crippen molar-refractivity contribution in [3.63, 3.8) is 0 Å². The summed E-state index contributed by atoms with van der Waals surface area (Å²) in [5.74, 6) is 4.26. The van der Waals surface area contributed by atoms with Crippen molar-refractivity contribution in [1.82, 2.24) is 15.0 Å². The lowest BCUT2D eigenvalue weighted by Crippen LogP contribution is -2.12. The highest BCUT2D eigenvalue weighted by Crippen LogP contribution is 2.27. The average molecular weight is 302 g/mol. The lowest BCUT2D eigenvalue weighted by molar-refractivity contribution is 0.478. The summed E-state index contributed by atoms with van der Waals surface area (Å²) in [6, 6.07) is 1.79. The smallest absolute Gasteiger partial charge is 0.179 e. The Morgan fingerprint density at radius 1 is 1.28 bits per heavy atom. The molecule has 1 aliphatic rings. The van der Waals surface area contributed by atoms with Crippen molar-refractivity contribution in [2.75, 3.05) is 11.5 Å². The summed E-state index contributed by atoms with van der Waals surface area (Å²) in [5, 5.41) is 0.782. The van der Waals surface area contributed by atoms with Crippen LogP contribution in [0.1, 0.15) is 18.7 Å². The van der Waals surface area contributed by atoms with Crippen LogP contribution in [-0.4, -0.2) is 26.5 Å². The quantitative estimate of drug-likeness (QED) is 0.854. The van der Waals surface area contributed by atoms with Gasteiger partial charge < -0.3 is 4.98 Å². The maximum absolute atomic E-state index is 5.94. The van der Waals surface area contributed by atoms with E-state index in [9.17, 15) is 0 Å². The summed E-state index contributed by atoms with van der Waals surface area (Å²) in [6.45, 7) is 0. The Kier molecular flexibility index (Phi) is 3.68. The van der Waals surface area contributed by atoms with Crippen LogP contribution < -0.4 is 0 Å². The number of aromatic amines is 1. The molecular formula is C12H13Cl2N3S. The highest BCUT2D eigenvalue weighted by Gasteiger charge is 2.16. The molecule has 0 radical (unpaired) electrons. The van der Waals surface area contributed by atoms with Crippen molar-refractivity contribution in [1.29, 1.82) is 0 Å². The van der Waals surface area contributed by atoms with Gasteiger partial charge in [0.05, 0.1) is 10.5 Å². The van der Waals surface area contributed by atoms with E-state index in [1.54, 1.807) is 6.07 Å². The molecule has 1 saturated heterocycles. The first-order valence-corrected chi connectivity index (χ1v) is 7.92. The van der Waals surface area contributed by atoms with Crippen LogP contribution in [0, 0.1) is 5.92 Å². The number of halogens is 2. The number of hydrogen-bond donors (Lipinski definition) is 1. The van der Waals surface area contributed by atoms with Gasteiger partial charge in [-0.2, -0.15) is 11.8 Å². The number of pyridine rings is 1. The van der Waals surface area contributed by atoms with Crippen molar-refractivity contribution < 1.29 is 0 Å². The van der Waals surface area contributed by atoms with Gasteiger partial charge in [0.1, 0.15) is 11.0 Å². The highest BCUT2D eigenvalue weighted by molar-refractivity contribution is 7.99. The van der Waals surface area contributed by atoms with E-state index in [-0.39, 0.29) is 0 Å². The van der Waals surface area contributed by atoms with Crippen LogP contribution in [0.4, 0.5) is 0 Å². The molecule has 3 nitrogen and oxygen atoms in total. The lowest BCUT2D eigenvalue weighted by atomic mass is 9.99. The average Bonchev–Trinajstić information content (AvgIpc) is 2.72. The first kappa shape index (κ1) is 12.6. The number of rotatable bonds is 2. The minimum absolute atomic E-state index is 0.316. The van der Waals surface area contributed by atoms with Gasteiger partial charge in [-0.15, -0.1) is 0 Å². The van der Waals surface area contributed by atoms with E-state index in [1.807, 2.05) is 11.8 Å². The summed E-state index contributed by atoms with van der Waals surface area (Å²) in [4.78, 5) is 12.0. The van der Waals surface area contributed by atoms with E-state index in [1.165, 1.54) is 24.3 Å². The molecule has 3 heterocycles. The van der Waals surface area contributed by atoms with E-state index < -0.39 is 0 Å². The largest absolute Gasteiger partial charge is 0.341 e. The number of imidazole rings is 1. The van der Waals surface area contributed by atoms with Gasteiger partial charge in [-0.1, -0.05) is 23.2 Å². The SMILES string of the molecule is Clc1cc2[nH]c(CC3CCSCC3)nc2nc1Cl. The maximum Gasteiger partial charge on any atom is 0.179 e. The Morgan fingerprint density at radius 2 is 2.06 bits per heavy atom. The summed E-state index contributed by atoms with van der Waals surface area (Å²) in [7, 11) is 0. The summed E-state index contributed by atoms with van der Waals surface area (Å²) in [6.07, 6.45) is 3.54. The monoisotopic (exact) mass is 301 g/mol. The molecule has 0 saturated carbocycles. The minimum Gasteiger partial charge on any atom is -0.341 e. The molecule has 0 amide bonds. The van der Waals surface area contributed by atoms with Gasteiger partial charge in [-0.05, 0) is 36.3 Å². The van der Waals surface area contributed by atoms with Crippen molar-refractivity contribution in [3.05, 3.63) is 22.1 Å². The van der Waals surface area contributed by atoms with Gasteiger partial charge >= 0.3 is 0 Å². The molecule has 2 aromatic heterocycles. The number of fused-ring (bicyclic) bond motifs is 1. The highest BCUT2D eigenvalue weighted by atomic mass is 35.5. The van der Waals surface area contributed by atoms with E-state index in [2.05, 4.69) is 15.0 Å². The Bertz CT molecular complexity index is 525. The second kappa shape index (κ2) is 5.27. The van der Waals surface area contributed by atoms with Crippen LogP contribution in [0.25, 0.3) is 11.2 Å². The number of hydrogen-bond acceptors (Lipinski definition) is 3. The lowest BCUT2D eigenvalue weighted by Gasteiger charge is -2.19. The van der Waals surface area contributed by atoms with Crippen molar-refractivity contribution in [2.24, 2.45) is 5.92 Å². The minimum atomic E-state index is 0.316. The second-order valence-electron chi connectivity index (χ2n) is 4.58. The zero-order chi connectivity index (χ0) is 12.5. The predicted octanol–water partition coefficient (Wildman–Crippen LogP) is 3.95. The van der Waals surface area contributed by atoms with E-state index in [4.69, 9.17) is 23.2 Å². The fraction of sp³-hybridized carbons (Fsp3) is 0.500. The van der Waals surface area contributed by atoms with Crippen LogP contribution in [0.3, 0.4) is 0 Å². The van der Waals surface area contributed by atoms with E-state index >= 15 is 0 Å². The Balaban J connectivity index is 1.84. The summed E-state index contributed by atoms with van der Waals surface area (Å²) in [5.41, 5.74) is 1.52. The third-order valence-corrected chi connectivity index (χ3v) is 4.98. The topological polar surface area (TPSA) is 41.6 Å². The first-order valence-electron chi connectivity index (χ1n) is 6.01. The molecule has 96 valence electrons. The van der Waals surface area contributed by atoms with E-state index in [0.717, 1.165) is 23.7 Å². The molecule has 0 unspecified atom stereocenters. The van der Waals surface area contributed by atoms with Crippen molar-refractivity contribution >= 4 is 46.1 Å². The molecular weight excluding hydrogens is 289 g/mol. The molecule has 0 bridgehead atoms. The molecule has 3 rings (SSSR count). The Morgan fingerprint density at radius 3 is 2.83 bits per heavy atom. The third kappa shape index (κ3) is 2.60. The summed E-state index contributed by atoms with van der Waals surface area (Å²) >= 11 is 13.9. The molecule has 1 aliphatic heterocycles. The van der Waals surface area contributed by atoms with Crippen molar-refractivity contribution in [2.45, 2.75) is 19.3 Å². The first-order chi connectivity index (χ1) is 8.72. The van der Waals surface area contributed by atoms with Crippen LogP contribution in [0.2, 0.25) is 10.2 Å². The molecule has 1 fully saturated rings. The van der Waals surface area contributed by atoms with Gasteiger partial charge in [0, 0.05) is 6.42 Å². The molecule has 0 aliphatic carbocycles. The predicted molar refractivity (Wildman–Crippen MR) is 77.7 cm³/mol. The zero-order valence-electron chi connectivity index (χ0n) is 9.75. The molecule has 0 aromatic carbocycles. The molecule has 6 heteroatoms. The Hall–Kier alpha value is -0.450. The van der Waals surface area contributed by atoms with Gasteiger partial charge in [0.25, 0.3) is 0 Å². The maximum atomic E-state index is 5.94. The number of H-pyrrole nitrogens is 1. The zero-order valence-corrected chi connectivity index (χ0v) is 12.1. The number of aromatic nitrogens is 3. The molecule has 0 atom stereocenters. The second-order valence-corrected chi connectivity index (χ2v) is 6.57. The Labute approximate surface area is 120 Å². The fourth-order valence-electron chi connectivity index (χ4n) is 2.27. The van der Waals surface area contributed by atoms with Crippen LogP contribution in [0.15, 0.2) is 6.07 Å².